The molecule has 1 aliphatic rings. The summed E-state index contributed by atoms with van der Waals surface area (Å²) in [6.07, 6.45) is 2.47. The predicted molar refractivity (Wildman–Crippen MR) is 86.3 cm³/mol. The zero-order valence-electron chi connectivity index (χ0n) is 14.8. The molecule has 138 valence electrons. The summed E-state index contributed by atoms with van der Waals surface area (Å²) in [6, 6.07) is 0. The number of hydrogen-bond donors (Lipinski definition) is 0. The van der Waals surface area contributed by atoms with Crippen LogP contribution in [-0.4, -0.2) is 98.1 Å². The molecule has 0 saturated carbocycles. The first kappa shape index (κ1) is 20.8. The maximum absolute atomic E-state index is 5.79. The third-order valence-electron chi connectivity index (χ3n) is 3.85. The largest absolute Gasteiger partial charge is 0.382 e. The molecule has 1 heterocycles. The van der Waals surface area contributed by atoms with Crippen molar-refractivity contribution in [3.05, 3.63) is 0 Å². The van der Waals surface area contributed by atoms with Crippen molar-refractivity contribution in [2.24, 2.45) is 0 Å². The van der Waals surface area contributed by atoms with Crippen LogP contribution in [0.3, 0.4) is 0 Å². The summed E-state index contributed by atoms with van der Waals surface area (Å²) in [5.74, 6) is 0. The standard InChI is InChI=1S/C16H34NO6/c1-18-7-9-20-11-13-22-15-17(5-3-4-6-17)16-23-14-12-21-10-8-19-2/h3-16H2,1-2H3/q+1. The lowest BCUT2D eigenvalue weighted by Gasteiger charge is -2.33. The van der Waals surface area contributed by atoms with Crippen LogP contribution in [0.1, 0.15) is 12.8 Å². The number of hydrogen-bond acceptors (Lipinski definition) is 6. The van der Waals surface area contributed by atoms with E-state index in [-0.39, 0.29) is 0 Å². The zero-order chi connectivity index (χ0) is 16.6. The number of likely N-dealkylation sites (tertiary alicyclic amines) is 1. The molecule has 7 nitrogen and oxygen atoms in total. The van der Waals surface area contributed by atoms with Crippen molar-refractivity contribution in [1.29, 1.82) is 0 Å². The van der Waals surface area contributed by atoms with Crippen LogP contribution in [0.15, 0.2) is 0 Å². The molecule has 23 heavy (non-hydrogen) atoms. The molecule has 0 atom stereocenters. The Balaban J connectivity index is 2.05. The van der Waals surface area contributed by atoms with Crippen molar-refractivity contribution in [1.82, 2.24) is 0 Å². The number of nitrogens with zero attached hydrogens (tertiary/aromatic N) is 1. The molecular formula is C16H34NO6+. The van der Waals surface area contributed by atoms with Gasteiger partial charge in [0.25, 0.3) is 0 Å². The molecule has 1 fully saturated rings. The lowest BCUT2D eigenvalue weighted by molar-refractivity contribution is -0.952. The van der Waals surface area contributed by atoms with Gasteiger partial charge < -0.3 is 28.4 Å². The molecule has 0 amide bonds. The monoisotopic (exact) mass is 336 g/mol. The van der Waals surface area contributed by atoms with Crippen LogP contribution in [-0.2, 0) is 28.4 Å². The first-order valence-corrected chi connectivity index (χ1v) is 8.47. The second-order valence-electron chi connectivity index (χ2n) is 5.78. The molecule has 0 bridgehead atoms. The maximum atomic E-state index is 5.79. The minimum absolute atomic E-state index is 0.609. The fraction of sp³-hybridized carbons (Fsp3) is 1.00. The van der Waals surface area contributed by atoms with E-state index in [4.69, 9.17) is 28.4 Å². The van der Waals surface area contributed by atoms with Gasteiger partial charge in [0, 0.05) is 27.1 Å². The van der Waals surface area contributed by atoms with E-state index in [0.29, 0.717) is 66.3 Å². The fourth-order valence-corrected chi connectivity index (χ4v) is 2.54. The van der Waals surface area contributed by atoms with Crippen LogP contribution in [0.4, 0.5) is 0 Å². The van der Waals surface area contributed by atoms with E-state index in [1.165, 1.54) is 12.8 Å². The summed E-state index contributed by atoms with van der Waals surface area (Å²) in [5, 5.41) is 0. The van der Waals surface area contributed by atoms with Crippen molar-refractivity contribution in [3.63, 3.8) is 0 Å². The summed E-state index contributed by atoms with van der Waals surface area (Å²) >= 11 is 0. The van der Waals surface area contributed by atoms with Gasteiger partial charge in [0.05, 0.1) is 65.9 Å². The molecule has 1 aliphatic heterocycles. The number of quaternary nitrogens is 1. The molecule has 0 aromatic carbocycles. The molecular weight excluding hydrogens is 302 g/mol. The molecule has 0 radical (unpaired) electrons. The van der Waals surface area contributed by atoms with E-state index in [1.807, 2.05) is 0 Å². The first-order chi connectivity index (χ1) is 11.3. The van der Waals surface area contributed by atoms with Crippen LogP contribution >= 0.6 is 0 Å². The van der Waals surface area contributed by atoms with Crippen LogP contribution in [0, 0.1) is 0 Å². The highest BCUT2D eigenvalue weighted by Gasteiger charge is 2.32. The molecule has 0 aromatic rings. The average molecular weight is 336 g/mol. The van der Waals surface area contributed by atoms with Crippen LogP contribution in [0.2, 0.25) is 0 Å². The van der Waals surface area contributed by atoms with Gasteiger partial charge in [0.1, 0.15) is 0 Å². The van der Waals surface area contributed by atoms with Crippen molar-refractivity contribution < 1.29 is 32.9 Å². The van der Waals surface area contributed by atoms with Crippen molar-refractivity contribution in [3.8, 4) is 0 Å². The lowest BCUT2D eigenvalue weighted by atomic mass is 10.4. The summed E-state index contributed by atoms with van der Waals surface area (Å²) in [4.78, 5) is 0. The minimum atomic E-state index is 0.609. The van der Waals surface area contributed by atoms with Gasteiger partial charge in [-0.05, 0) is 0 Å². The van der Waals surface area contributed by atoms with E-state index in [0.717, 1.165) is 17.6 Å². The van der Waals surface area contributed by atoms with Gasteiger partial charge in [-0.2, -0.15) is 0 Å². The molecule has 0 aliphatic carbocycles. The highest BCUT2D eigenvalue weighted by Crippen LogP contribution is 2.19. The van der Waals surface area contributed by atoms with Crippen molar-refractivity contribution in [2.75, 3.05) is 93.6 Å². The zero-order valence-corrected chi connectivity index (χ0v) is 14.8. The molecule has 0 N–H and O–H groups in total. The van der Waals surface area contributed by atoms with Crippen LogP contribution in [0.25, 0.3) is 0 Å². The van der Waals surface area contributed by atoms with Crippen molar-refractivity contribution in [2.45, 2.75) is 12.8 Å². The number of ether oxygens (including phenoxy) is 6. The Hall–Kier alpha value is -0.280. The maximum Gasteiger partial charge on any atom is 0.185 e. The summed E-state index contributed by atoms with van der Waals surface area (Å²) in [7, 11) is 3.34. The van der Waals surface area contributed by atoms with E-state index < -0.39 is 0 Å². The number of rotatable bonds is 16. The van der Waals surface area contributed by atoms with E-state index >= 15 is 0 Å². The third-order valence-corrected chi connectivity index (χ3v) is 3.85. The Morgan fingerprint density at radius 2 is 0.957 bits per heavy atom. The summed E-state index contributed by atoms with van der Waals surface area (Å²) < 4.78 is 33.1. The second kappa shape index (κ2) is 14.1. The number of methoxy groups -OCH3 is 2. The topological polar surface area (TPSA) is 55.4 Å². The quantitative estimate of drug-likeness (QED) is 0.308. The highest BCUT2D eigenvalue weighted by atomic mass is 16.6. The predicted octanol–water partition coefficient (Wildman–Crippen LogP) is 0.871. The van der Waals surface area contributed by atoms with Gasteiger partial charge in [0.2, 0.25) is 0 Å². The molecule has 0 aromatic heterocycles. The van der Waals surface area contributed by atoms with Crippen LogP contribution in [0.5, 0.6) is 0 Å². The Labute approximate surface area is 140 Å². The molecule has 1 saturated heterocycles. The highest BCUT2D eigenvalue weighted by molar-refractivity contribution is 4.50. The van der Waals surface area contributed by atoms with E-state index in [9.17, 15) is 0 Å². The normalized spacial score (nSPS) is 17.0. The Bertz CT molecular complexity index is 241. The summed E-state index contributed by atoms with van der Waals surface area (Å²) in [5.41, 5.74) is 0. The minimum Gasteiger partial charge on any atom is -0.382 e. The Morgan fingerprint density at radius 1 is 0.565 bits per heavy atom. The average Bonchev–Trinajstić information content (AvgIpc) is 3.02. The molecule has 0 unspecified atom stereocenters. The lowest BCUT2D eigenvalue weighted by Crippen LogP contribution is -2.49. The fourth-order valence-electron chi connectivity index (χ4n) is 2.54. The van der Waals surface area contributed by atoms with Gasteiger partial charge in [0.15, 0.2) is 13.5 Å². The molecule has 1 rings (SSSR count). The molecule has 0 spiro atoms. The Kier molecular flexibility index (Phi) is 12.7. The van der Waals surface area contributed by atoms with Gasteiger partial charge in [-0.1, -0.05) is 0 Å². The van der Waals surface area contributed by atoms with Gasteiger partial charge in [-0.15, -0.1) is 0 Å². The third kappa shape index (κ3) is 10.2. The molecule has 7 heteroatoms. The first-order valence-electron chi connectivity index (χ1n) is 8.47. The SMILES string of the molecule is COCCOCCOC[N+]1(COCCOCCOC)CCCC1. The van der Waals surface area contributed by atoms with Gasteiger partial charge >= 0.3 is 0 Å². The smallest absolute Gasteiger partial charge is 0.185 e. The summed E-state index contributed by atoms with van der Waals surface area (Å²) in [6.45, 7) is 8.56. The van der Waals surface area contributed by atoms with Crippen LogP contribution < -0.4 is 0 Å². The van der Waals surface area contributed by atoms with Gasteiger partial charge in [-0.25, -0.2) is 0 Å². The van der Waals surface area contributed by atoms with E-state index in [2.05, 4.69) is 0 Å². The van der Waals surface area contributed by atoms with Gasteiger partial charge in [-0.3, -0.25) is 4.48 Å². The Morgan fingerprint density at radius 3 is 1.39 bits per heavy atom. The van der Waals surface area contributed by atoms with E-state index in [1.54, 1.807) is 14.2 Å². The van der Waals surface area contributed by atoms with Crippen molar-refractivity contribution >= 4 is 0 Å². The second-order valence-corrected chi connectivity index (χ2v) is 5.78.